The van der Waals surface area contributed by atoms with Crippen LogP contribution in [0.4, 0.5) is 0 Å². The molecule has 1 aromatic rings. The van der Waals surface area contributed by atoms with Crippen LogP contribution >= 0.6 is 0 Å². The van der Waals surface area contributed by atoms with E-state index >= 15 is 0 Å². The van der Waals surface area contributed by atoms with Gasteiger partial charge >= 0.3 is 0 Å². The molecule has 0 aliphatic carbocycles. The number of aryl methyl sites for hydroxylation is 2. The monoisotopic (exact) mass is 234 g/mol. The highest BCUT2D eigenvalue weighted by Crippen LogP contribution is 2.16. The van der Waals surface area contributed by atoms with Gasteiger partial charge in [-0.2, -0.15) is 0 Å². The minimum Gasteiger partial charge on any atom is -0.323 e. The molecule has 0 fully saturated rings. The van der Waals surface area contributed by atoms with Crippen LogP contribution in [0, 0.1) is 19.8 Å². The second-order valence-electron chi connectivity index (χ2n) is 5.64. The lowest BCUT2D eigenvalue weighted by atomic mass is 10.0. The summed E-state index contributed by atoms with van der Waals surface area (Å²) in [6.45, 7) is 10.7. The summed E-state index contributed by atoms with van der Waals surface area (Å²) in [6, 6.07) is 6.69. The SMILES string of the molecule is Cc1cc(C)cc(C(N)CN(C)CC(C)C)c1. The summed E-state index contributed by atoms with van der Waals surface area (Å²) in [6.07, 6.45) is 0. The van der Waals surface area contributed by atoms with E-state index in [0.717, 1.165) is 13.1 Å². The van der Waals surface area contributed by atoms with Crippen LogP contribution in [0.1, 0.15) is 36.6 Å². The van der Waals surface area contributed by atoms with Crippen LogP contribution in [0.2, 0.25) is 0 Å². The number of rotatable bonds is 5. The van der Waals surface area contributed by atoms with Gasteiger partial charge in [-0.3, -0.25) is 0 Å². The molecule has 0 saturated carbocycles. The maximum Gasteiger partial charge on any atom is 0.0424 e. The molecular formula is C15H26N2. The first-order valence-electron chi connectivity index (χ1n) is 6.40. The molecule has 96 valence electrons. The van der Waals surface area contributed by atoms with Crippen molar-refractivity contribution in [3.63, 3.8) is 0 Å². The molecule has 1 atom stereocenters. The van der Waals surface area contributed by atoms with E-state index in [1.165, 1.54) is 16.7 Å². The third-order valence-electron chi connectivity index (χ3n) is 2.86. The predicted octanol–water partition coefficient (Wildman–Crippen LogP) is 2.89. The molecule has 0 amide bonds. The van der Waals surface area contributed by atoms with Crippen LogP contribution in [0.3, 0.4) is 0 Å². The summed E-state index contributed by atoms with van der Waals surface area (Å²) in [5.41, 5.74) is 10.1. The fraction of sp³-hybridized carbons (Fsp3) is 0.600. The average molecular weight is 234 g/mol. The van der Waals surface area contributed by atoms with Gasteiger partial charge in [-0.05, 0) is 32.4 Å². The molecule has 2 heteroatoms. The minimum atomic E-state index is 0.109. The molecular weight excluding hydrogens is 208 g/mol. The maximum absolute atomic E-state index is 6.27. The molecule has 1 unspecified atom stereocenters. The fourth-order valence-electron chi connectivity index (χ4n) is 2.36. The van der Waals surface area contributed by atoms with E-state index in [9.17, 15) is 0 Å². The number of hydrogen-bond donors (Lipinski definition) is 1. The van der Waals surface area contributed by atoms with Gasteiger partial charge in [0.05, 0.1) is 0 Å². The van der Waals surface area contributed by atoms with Gasteiger partial charge in [0.1, 0.15) is 0 Å². The van der Waals surface area contributed by atoms with Crippen molar-refractivity contribution in [2.75, 3.05) is 20.1 Å². The van der Waals surface area contributed by atoms with Crippen molar-refractivity contribution < 1.29 is 0 Å². The molecule has 1 rings (SSSR count). The Bertz CT molecular complexity index is 338. The zero-order chi connectivity index (χ0) is 13.0. The van der Waals surface area contributed by atoms with Crippen molar-refractivity contribution in [3.8, 4) is 0 Å². The highest BCUT2D eigenvalue weighted by atomic mass is 15.1. The van der Waals surface area contributed by atoms with Crippen LogP contribution < -0.4 is 5.73 Å². The fourth-order valence-corrected chi connectivity index (χ4v) is 2.36. The van der Waals surface area contributed by atoms with E-state index < -0.39 is 0 Å². The molecule has 1 aromatic carbocycles. The molecule has 0 aromatic heterocycles. The van der Waals surface area contributed by atoms with Crippen molar-refractivity contribution in [2.45, 2.75) is 33.7 Å². The first-order chi connectivity index (χ1) is 7.88. The molecule has 0 bridgehead atoms. The molecule has 0 radical (unpaired) electrons. The van der Waals surface area contributed by atoms with Crippen LogP contribution in [-0.2, 0) is 0 Å². The average Bonchev–Trinajstić information content (AvgIpc) is 2.14. The Morgan fingerprint density at radius 2 is 1.59 bits per heavy atom. The van der Waals surface area contributed by atoms with Crippen LogP contribution in [-0.4, -0.2) is 25.0 Å². The zero-order valence-electron chi connectivity index (χ0n) is 11.8. The van der Waals surface area contributed by atoms with Gasteiger partial charge in [0.25, 0.3) is 0 Å². The van der Waals surface area contributed by atoms with E-state index in [4.69, 9.17) is 5.73 Å². The van der Waals surface area contributed by atoms with Gasteiger partial charge in [0.2, 0.25) is 0 Å². The van der Waals surface area contributed by atoms with Crippen molar-refractivity contribution in [2.24, 2.45) is 11.7 Å². The molecule has 0 spiro atoms. The van der Waals surface area contributed by atoms with Gasteiger partial charge in [-0.25, -0.2) is 0 Å². The predicted molar refractivity (Wildman–Crippen MR) is 75.2 cm³/mol. The van der Waals surface area contributed by atoms with Crippen molar-refractivity contribution in [1.29, 1.82) is 0 Å². The van der Waals surface area contributed by atoms with Crippen molar-refractivity contribution in [3.05, 3.63) is 34.9 Å². The minimum absolute atomic E-state index is 0.109. The highest BCUT2D eigenvalue weighted by Gasteiger charge is 2.10. The maximum atomic E-state index is 6.27. The molecule has 2 nitrogen and oxygen atoms in total. The Hall–Kier alpha value is -0.860. The molecule has 0 aliphatic heterocycles. The van der Waals surface area contributed by atoms with E-state index in [2.05, 4.69) is 57.8 Å². The molecule has 0 aliphatic rings. The quantitative estimate of drug-likeness (QED) is 0.849. The third-order valence-corrected chi connectivity index (χ3v) is 2.86. The second-order valence-corrected chi connectivity index (χ2v) is 5.64. The second kappa shape index (κ2) is 6.18. The summed E-state index contributed by atoms with van der Waals surface area (Å²) in [5.74, 6) is 0.687. The molecule has 0 saturated heterocycles. The van der Waals surface area contributed by atoms with Gasteiger partial charge in [0, 0.05) is 19.1 Å². The Morgan fingerprint density at radius 1 is 1.06 bits per heavy atom. The zero-order valence-corrected chi connectivity index (χ0v) is 11.8. The van der Waals surface area contributed by atoms with Crippen molar-refractivity contribution in [1.82, 2.24) is 4.90 Å². The van der Waals surface area contributed by atoms with Gasteiger partial charge in [-0.15, -0.1) is 0 Å². The van der Waals surface area contributed by atoms with Gasteiger partial charge < -0.3 is 10.6 Å². The number of nitrogens with two attached hydrogens (primary N) is 1. The van der Waals surface area contributed by atoms with Crippen LogP contribution in [0.25, 0.3) is 0 Å². The normalized spacial score (nSPS) is 13.4. The van der Waals surface area contributed by atoms with E-state index in [1.807, 2.05) is 0 Å². The van der Waals surface area contributed by atoms with Crippen LogP contribution in [0.5, 0.6) is 0 Å². The number of nitrogens with zero attached hydrogens (tertiary/aromatic N) is 1. The summed E-state index contributed by atoms with van der Waals surface area (Å²) >= 11 is 0. The lowest BCUT2D eigenvalue weighted by molar-refractivity contribution is 0.279. The summed E-state index contributed by atoms with van der Waals surface area (Å²) < 4.78 is 0. The molecule has 17 heavy (non-hydrogen) atoms. The Balaban J connectivity index is 2.66. The Labute approximate surface area is 106 Å². The van der Waals surface area contributed by atoms with Crippen LogP contribution in [0.15, 0.2) is 18.2 Å². The number of likely N-dealkylation sites (N-methyl/N-ethyl adjacent to an activating group) is 1. The number of benzene rings is 1. The lowest BCUT2D eigenvalue weighted by Gasteiger charge is -2.23. The summed E-state index contributed by atoms with van der Waals surface area (Å²) in [5, 5.41) is 0. The van der Waals surface area contributed by atoms with Gasteiger partial charge in [0.15, 0.2) is 0 Å². The van der Waals surface area contributed by atoms with E-state index in [-0.39, 0.29) is 6.04 Å². The first kappa shape index (κ1) is 14.2. The van der Waals surface area contributed by atoms with E-state index in [1.54, 1.807) is 0 Å². The third kappa shape index (κ3) is 4.88. The smallest absolute Gasteiger partial charge is 0.0424 e. The summed E-state index contributed by atoms with van der Waals surface area (Å²) in [7, 11) is 2.14. The standard InChI is InChI=1S/C15H26N2/c1-11(2)9-17(5)10-15(16)14-7-12(3)6-13(4)8-14/h6-8,11,15H,9-10,16H2,1-5H3. The van der Waals surface area contributed by atoms with E-state index in [0.29, 0.717) is 5.92 Å². The number of hydrogen-bond acceptors (Lipinski definition) is 2. The first-order valence-corrected chi connectivity index (χ1v) is 6.40. The highest BCUT2D eigenvalue weighted by molar-refractivity contribution is 5.30. The largest absolute Gasteiger partial charge is 0.323 e. The van der Waals surface area contributed by atoms with Gasteiger partial charge in [-0.1, -0.05) is 43.2 Å². The topological polar surface area (TPSA) is 29.3 Å². The Morgan fingerprint density at radius 3 is 2.06 bits per heavy atom. The molecule has 0 heterocycles. The molecule has 2 N–H and O–H groups in total. The summed E-state index contributed by atoms with van der Waals surface area (Å²) in [4.78, 5) is 2.31. The lowest BCUT2D eigenvalue weighted by Crippen LogP contribution is -2.31. The Kier molecular flexibility index (Phi) is 5.16. The van der Waals surface area contributed by atoms with Crippen molar-refractivity contribution >= 4 is 0 Å².